The Hall–Kier alpha value is -0.200. The van der Waals surface area contributed by atoms with E-state index in [9.17, 15) is 0 Å². The molecule has 5 heteroatoms. The van der Waals surface area contributed by atoms with Gasteiger partial charge in [0.2, 0.25) is 0 Å². The van der Waals surface area contributed by atoms with Gasteiger partial charge in [0, 0.05) is 7.11 Å². The van der Waals surface area contributed by atoms with Gasteiger partial charge >= 0.3 is 0 Å². The van der Waals surface area contributed by atoms with Crippen molar-refractivity contribution in [3.63, 3.8) is 0 Å². The highest BCUT2D eigenvalue weighted by Crippen LogP contribution is 1.86. The Morgan fingerprint density at radius 3 is 2.33 bits per heavy atom. The number of hydrogen-bond donors (Lipinski definition) is 2. The van der Waals surface area contributed by atoms with E-state index in [1.54, 1.807) is 7.11 Å². The predicted molar refractivity (Wildman–Crippen MR) is 31.1 cm³/mol. The Morgan fingerprint density at radius 1 is 1.33 bits per heavy atom. The number of rotatable bonds is 5. The van der Waals surface area contributed by atoms with Gasteiger partial charge in [0.15, 0.2) is 0 Å². The summed E-state index contributed by atoms with van der Waals surface area (Å²) in [4.78, 5) is 8.66. The van der Waals surface area contributed by atoms with Crippen LogP contribution in [0.4, 0.5) is 0 Å². The van der Waals surface area contributed by atoms with Crippen LogP contribution in [0.5, 0.6) is 0 Å². The molecule has 0 aliphatic rings. The van der Waals surface area contributed by atoms with Crippen molar-refractivity contribution in [1.29, 1.82) is 0 Å². The van der Waals surface area contributed by atoms with Crippen LogP contribution in [0.3, 0.4) is 0 Å². The molecule has 0 aliphatic heterocycles. The Morgan fingerprint density at radius 2 is 2.00 bits per heavy atom. The molecule has 0 saturated heterocycles. The van der Waals surface area contributed by atoms with Gasteiger partial charge in [0.25, 0.3) is 0 Å². The molecule has 0 bridgehead atoms. The normalized spacial score (nSPS) is 13.7. The average molecular weight is 136 g/mol. The SMILES string of the molecule is COC[C@@H](CON)ON. The lowest BCUT2D eigenvalue weighted by Gasteiger charge is -2.10. The standard InChI is InChI=1S/C4H12N2O3/c1-7-2-4(9-6)3-8-5/h4H,2-3,5-6H2,1H3/t4-/m0/s1. The smallest absolute Gasteiger partial charge is 0.127 e. The van der Waals surface area contributed by atoms with Crippen molar-refractivity contribution in [3.05, 3.63) is 0 Å². The van der Waals surface area contributed by atoms with E-state index < -0.39 is 0 Å². The first-order chi connectivity index (χ1) is 4.35. The highest BCUT2D eigenvalue weighted by Gasteiger charge is 2.05. The van der Waals surface area contributed by atoms with E-state index in [1.165, 1.54) is 0 Å². The quantitative estimate of drug-likeness (QED) is 0.463. The lowest BCUT2D eigenvalue weighted by molar-refractivity contribution is -0.0533. The van der Waals surface area contributed by atoms with E-state index >= 15 is 0 Å². The van der Waals surface area contributed by atoms with Crippen LogP contribution in [-0.2, 0) is 14.4 Å². The van der Waals surface area contributed by atoms with Crippen LogP contribution >= 0.6 is 0 Å². The summed E-state index contributed by atoms with van der Waals surface area (Å²) in [7, 11) is 1.54. The molecule has 0 aromatic heterocycles. The molecule has 0 radical (unpaired) electrons. The topological polar surface area (TPSA) is 79.7 Å². The van der Waals surface area contributed by atoms with Gasteiger partial charge in [0.05, 0.1) is 13.2 Å². The second kappa shape index (κ2) is 5.93. The van der Waals surface area contributed by atoms with Gasteiger partial charge < -0.3 is 9.57 Å². The van der Waals surface area contributed by atoms with E-state index in [0.29, 0.717) is 6.61 Å². The van der Waals surface area contributed by atoms with Crippen molar-refractivity contribution in [2.45, 2.75) is 6.10 Å². The van der Waals surface area contributed by atoms with Gasteiger partial charge in [0.1, 0.15) is 6.10 Å². The average Bonchev–Trinajstić information content (AvgIpc) is 1.88. The first-order valence-electron chi connectivity index (χ1n) is 2.51. The van der Waals surface area contributed by atoms with Gasteiger partial charge in [-0.3, -0.25) is 4.84 Å². The third kappa shape index (κ3) is 4.31. The van der Waals surface area contributed by atoms with E-state index in [0.717, 1.165) is 0 Å². The Labute approximate surface area is 53.8 Å². The summed E-state index contributed by atoms with van der Waals surface area (Å²) in [6.07, 6.45) is -0.278. The Bertz CT molecular complexity index is 55.8. The maximum Gasteiger partial charge on any atom is 0.127 e. The van der Waals surface area contributed by atoms with Crippen molar-refractivity contribution in [3.8, 4) is 0 Å². The Balaban J connectivity index is 3.18. The van der Waals surface area contributed by atoms with Crippen LogP contribution < -0.4 is 11.8 Å². The second-order valence-corrected chi connectivity index (χ2v) is 1.55. The third-order valence-corrected chi connectivity index (χ3v) is 0.827. The van der Waals surface area contributed by atoms with E-state index in [2.05, 4.69) is 9.68 Å². The first-order valence-corrected chi connectivity index (χ1v) is 2.51. The molecule has 4 N–H and O–H groups in total. The predicted octanol–water partition coefficient (Wildman–Crippen LogP) is -1.22. The minimum Gasteiger partial charge on any atom is -0.382 e. The van der Waals surface area contributed by atoms with E-state index in [1.807, 2.05) is 0 Å². The van der Waals surface area contributed by atoms with Crippen LogP contribution in [0.15, 0.2) is 0 Å². The molecule has 1 atom stereocenters. The van der Waals surface area contributed by atoms with E-state index in [4.69, 9.17) is 16.5 Å². The monoisotopic (exact) mass is 136 g/mol. The van der Waals surface area contributed by atoms with Gasteiger partial charge in [-0.2, -0.15) is 0 Å². The van der Waals surface area contributed by atoms with Crippen molar-refractivity contribution < 1.29 is 14.4 Å². The third-order valence-electron chi connectivity index (χ3n) is 0.827. The molecule has 56 valence electrons. The fourth-order valence-electron chi connectivity index (χ4n) is 0.420. The van der Waals surface area contributed by atoms with Gasteiger partial charge in [-0.1, -0.05) is 0 Å². The summed E-state index contributed by atoms with van der Waals surface area (Å²) >= 11 is 0. The molecular weight excluding hydrogens is 124 g/mol. The second-order valence-electron chi connectivity index (χ2n) is 1.55. The fourth-order valence-corrected chi connectivity index (χ4v) is 0.420. The zero-order chi connectivity index (χ0) is 7.11. The minimum absolute atomic E-state index is 0.240. The number of hydrogen-bond acceptors (Lipinski definition) is 5. The molecule has 0 unspecified atom stereocenters. The zero-order valence-corrected chi connectivity index (χ0v) is 5.37. The van der Waals surface area contributed by atoms with Crippen LogP contribution in [0, 0.1) is 0 Å². The summed E-state index contributed by atoms with van der Waals surface area (Å²) in [6.45, 7) is 0.623. The van der Waals surface area contributed by atoms with Crippen LogP contribution in [0.1, 0.15) is 0 Å². The van der Waals surface area contributed by atoms with Crippen molar-refractivity contribution in [2.75, 3.05) is 20.3 Å². The molecule has 0 aliphatic carbocycles. The highest BCUT2D eigenvalue weighted by molar-refractivity contribution is 4.50. The van der Waals surface area contributed by atoms with Gasteiger partial charge in [-0.05, 0) is 0 Å². The fraction of sp³-hybridized carbons (Fsp3) is 1.00. The van der Waals surface area contributed by atoms with Crippen molar-refractivity contribution >= 4 is 0 Å². The number of ether oxygens (including phenoxy) is 1. The van der Waals surface area contributed by atoms with E-state index in [-0.39, 0.29) is 12.7 Å². The molecule has 0 heterocycles. The first kappa shape index (κ1) is 8.80. The highest BCUT2D eigenvalue weighted by atomic mass is 16.7. The molecule has 0 aromatic rings. The molecule has 5 nitrogen and oxygen atoms in total. The molecule has 0 aromatic carbocycles. The maximum absolute atomic E-state index is 4.83. The summed E-state index contributed by atoms with van der Waals surface area (Å²) in [6, 6.07) is 0. The Kier molecular flexibility index (Phi) is 5.80. The largest absolute Gasteiger partial charge is 0.382 e. The molecule has 0 amide bonds. The lowest BCUT2D eigenvalue weighted by Crippen LogP contribution is -2.29. The van der Waals surface area contributed by atoms with Crippen LogP contribution in [-0.4, -0.2) is 26.4 Å². The maximum atomic E-state index is 4.83. The summed E-state index contributed by atoms with van der Waals surface area (Å²) < 4.78 is 4.71. The molecule has 9 heavy (non-hydrogen) atoms. The lowest BCUT2D eigenvalue weighted by atomic mass is 10.4. The zero-order valence-electron chi connectivity index (χ0n) is 5.37. The summed E-state index contributed by atoms with van der Waals surface area (Å²) in [5.41, 5.74) is 0. The van der Waals surface area contributed by atoms with Gasteiger partial charge in [-0.15, -0.1) is 0 Å². The van der Waals surface area contributed by atoms with Crippen molar-refractivity contribution in [2.24, 2.45) is 11.8 Å². The molecule has 0 spiro atoms. The number of methoxy groups -OCH3 is 1. The number of nitrogens with two attached hydrogens (primary N) is 2. The van der Waals surface area contributed by atoms with Crippen LogP contribution in [0.25, 0.3) is 0 Å². The summed E-state index contributed by atoms with van der Waals surface area (Å²) in [5.74, 6) is 9.57. The minimum atomic E-state index is -0.278. The van der Waals surface area contributed by atoms with Crippen molar-refractivity contribution in [1.82, 2.24) is 0 Å². The van der Waals surface area contributed by atoms with Crippen LogP contribution in [0.2, 0.25) is 0 Å². The molecule has 0 rings (SSSR count). The molecular formula is C4H12N2O3. The van der Waals surface area contributed by atoms with Gasteiger partial charge in [-0.25, -0.2) is 11.8 Å². The summed E-state index contributed by atoms with van der Waals surface area (Å²) in [5, 5.41) is 0. The molecule has 0 saturated carbocycles. The molecule has 0 fully saturated rings.